The Hall–Kier alpha value is -4.37. The Balaban J connectivity index is 1.67. The van der Waals surface area contributed by atoms with Gasteiger partial charge in [-0.2, -0.15) is 0 Å². The van der Waals surface area contributed by atoms with Crippen molar-refractivity contribution in [3.05, 3.63) is 163 Å². The third-order valence-electron chi connectivity index (χ3n) is 7.81. The van der Waals surface area contributed by atoms with Crippen LogP contribution < -0.4 is 20.7 Å². The Morgan fingerprint density at radius 2 is 0.897 bits per heavy atom. The van der Waals surface area contributed by atoms with Gasteiger partial charge in [0.25, 0.3) is 0 Å². The maximum Gasteiger partial charge on any atom is 0.181 e. The van der Waals surface area contributed by atoms with E-state index in [2.05, 4.69) is 162 Å². The van der Waals surface area contributed by atoms with E-state index < -0.39 is 8.07 Å². The lowest BCUT2D eigenvalue weighted by Crippen LogP contribution is -2.75. The van der Waals surface area contributed by atoms with Crippen molar-refractivity contribution in [2.24, 2.45) is 0 Å². The van der Waals surface area contributed by atoms with Crippen LogP contribution in [0, 0.1) is 0 Å². The number of hydrogen-bond acceptors (Lipinski definition) is 0. The minimum atomic E-state index is -2.78. The number of aromatic nitrogens is 1. The van der Waals surface area contributed by atoms with E-state index in [1.807, 2.05) is 0 Å². The molecular weight excluding hydrogens is 510 g/mol. The fraction of sp³-hybridized carbons (Fsp3) is 0. The Bertz CT molecular complexity index is 1800. The second-order valence-electron chi connectivity index (χ2n) is 9.86. The van der Waals surface area contributed by atoms with Crippen LogP contribution in [-0.4, -0.2) is 12.6 Å². The number of nitrogens with zero attached hydrogens (tertiary/aromatic N) is 1. The Labute approximate surface area is 234 Å². The highest BCUT2D eigenvalue weighted by Gasteiger charge is 2.43. The molecule has 0 spiro atoms. The van der Waals surface area contributed by atoms with Crippen molar-refractivity contribution < 1.29 is 0 Å². The number of rotatable bonds is 5. The predicted octanol–water partition coefficient (Wildman–Crippen LogP) is 6.81. The molecule has 6 aromatic carbocycles. The van der Waals surface area contributed by atoms with Crippen LogP contribution in [0.3, 0.4) is 0 Å². The first-order valence-electron chi connectivity index (χ1n) is 13.2. The molecule has 0 amide bonds. The molecule has 0 saturated carbocycles. The molecule has 0 radical (unpaired) electrons. The molecule has 0 bridgehead atoms. The number of hydrogen-bond donors (Lipinski definition) is 0. The second kappa shape index (κ2) is 9.74. The summed E-state index contributed by atoms with van der Waals surface area (Å²) < 4.78 is 2.33. The summed E-state index contributed by atoms with van der Waals surface area (Å²) in [6.07, 6.45) is 0. The fourth-order valence-electron chi connectivity index (χ4n) is 6.18. The van der Waals surface area contributed by atoms with Gasteiger partial charge in [0.2, 0.25) is 0 Å². The summed E-state index contributed by atoms with van der Waals surface area (Å²) in [5.74, 6) is 0. The van der Waals surface area contributed by atoms with Crippen molar-refractivity contribution in [2.45, 2.75) is 0 Å². The number of benzene rings is 6. The average Bonchev–Trinajstić information content (AvgIpc) is 3.36. The van der Waals surface area contributed by atoms with E-state index in [0.717, 1.165) is 21.7 Å². The summed E-state index contributed by atoms with van der Waals surface area (Å²) in [6.45, 7) is 0. The highest BCUT2D eigenvalue weighted by Crippen LogP contribution is 2.36. The molecule has 0 aliphatic carbocycles. The molecule has 1 nitrogen and oxygen atoms in total. The number of halogens is 1. The monoisotopic (exact) mass is 535 g/mol. The lowest BCUT2D eigenvalue weighted by atomic mass is 10.1. The third-order valence-corrected chi connectivity index (χ3v) is 13.2. The number of para-hydroxylation sites is 2. The molecule has 1 aromatic heterocycles. The van der Waals surface area contributed by atoms with E-state index in [1.54, 1.807) is 0 Å². The van der Waals surface area contributed by atoms with Gasteiger partial charge in [-0.05, 0) is 38.9 Å². The Kier molecular flexibility index (Phi) is 5.92. The molecule has 186 valence electrons. The molecule has 0 aliphatic rings. The molecule has 39 heavy (non-hydrogen) atoms. The van der Waals surface area contributed by atoms with Gasteiger partial charge < -0.3 is 4.57 Å². The van der Waals surface area contributed by atoms with Crippen LogP contribution in [0.2, 0.25) is 5.02 Å². The SMILES string of the molecule is Clc1c([Si](c2ccccc2)(c2ccccc2)c2ccccc2)ccc2c3ccccc3n(-c3ccccc3)c12. The third kappa shape index (κ3) is 3.68. The molecule has 0 unspecified atom stereocenters. The summed E-state index contributed by atoms with van der Waals surface area (Å²) >= 11 is 7.72. The molecular formula is C36H26ClNSi. The van der Waals surface area contributed by atoms with Gasteiger partial charge in [0.1, 0.15) is 0 Å². The van der Waals surface area contributed by atoms with Crippen molar-refractivity contribution in [1.82, 2.24) is 4.57 Å². The molecule has 0 atom stereocenters. The van der Waals surface area contributed by atoms with Crippen molar-refractivity contribution in [2.75, 3.05) is 0 Å². The van der Waals surface area contributed by atoms with Crippen LogP contribution >= 0.6 is 11.6 Å². The molecule has 0 aliphatic heterocycles. The second-order valence-corrected chi connectivity index (χ2v) is 14.0. The molecule has 7 rings (SSSR count). The van der Waals surface area contributed by atoms with Crippen molar-refractivity contribution >= 4 is 62.2 Å². The molecule has 3 heteroatoms. The molecule has 7 aromatic rings. The zero-order chi connectivity index (χ0) is 26.2. The lowest BCUT2D eigenvalue weighted by molar-refractivity contribution is 1.18. The van der Waals surface area contributed by atoms with Crippen LogP contribution in [0.5, 0.6) is 0 Å². The standard InChI is InChI=1S/C36H26ClNSi/c37-35-34(26-25-32-31-23-13-14-24-33(31)38(36(32)35)27-15-5-1-6-16-27)39(28-17-7-2-8-18-28,29-19-9-3-10-20-29)30-21-11-4-12-22-30/h1-26H. The topological polar surface area (TPSA) is 4.93 Å². The smallest absolute Gasteiger partial charge is 0.181 e. The molecule has 1 heterocycles. The highest BCUT2D eigenvalue weighted by atomic mass is 35.5. The van der Waals surface area contributed by atoms with Crippen molar-refractivity contribution in [1.29, 1.82) is 0 Å². The van der Waals surface area contributed by atoms with E-state index in [-0.39, 0.29) is 0 Å². The average molecular weight is 536 g/mol. The van der Waals surface area contributed by atoms with E-state index >= 15 is 0 Å². The van der Waals surface area contributed by atoms with Crippen molar-refractivity contribution in [3.63, 3.8) is 0 Å². The summed E-state index contributed by atoms with van der Waals surface area (Å²) in [5.41, 5.74) is 3.32. The molecule has 0 N–H and O–H groups in total. The quantitative estimate of drug-likeness (QED) is 0.168. The predicted molar refractivity (Wildman–Crippen MR) is 169 cm³/mol. The summed E-state index contributed by atoms with van der Waals surface area (Å²) in [6, 6.07) is 56.6. The largest absolute Gasteiger partial charge is 0.308 e. The van der Waals surface area contributed by atoms with Gasteiger partial charge in [-0.15, -0.1) is 0 Å². The molecule has 0 saturated heterocycles. The summed E-state index contributed by atoms with van der Waals surface area (Å²) in [7, 11) is -2.78. The minimum Gasteiger partial charge on any atom is -0.308 e. The van der Waals surface area contributed by atoms with E-state index in [9.17, 15) is 0 Å². The van der Waals surface area contributed by atoms with Crippen LogP contribution in [0.25, 0.3) is 27.5 Å². The Morgan fingerprint density at radius 3 is 1.44 bits per heavy atom. The maximum absolute atomic E-state index is 7.72. The van der Waals surface area contributed by atoms with E-state index in [1.165, 1.54) is 31.5 Å². The van der Waals surface area contributed by atoms with Gasteiger partial charge in [-0.3, -0.25) is 0 Å². The van der Waals surface area contributed by atoms with E-state index in [0.29, 0.717) is 0 Å². The van der Waals surface area contributed by atoms with Gasteiger partial charge in [0.15, 0.2) is 8.07 Å². The number of fused-ring (bicyclic) bond motifs is 3. The van der Waals surface area contributed by atoms with Gasteiger partial charge in [-0.25, -0.2) is 0 Å². The highest BCUT2D eigenvalue weighted by molar-refractivity contribution is 7.20. The van der Waals surface area contributed by atoms with Gasteiger partial charge in [-0.1, -0.05) is 151 Å². The van der Waals surface area contributed by atoms with Gasteiger partial charge >= 0.3 is 0 Å². The van der Waals surface area contributed by atoms with Crippen LogP contribution in [-0.2, 0) is 0 Å². The zero-order valence-corrected chi connectivity index (χ0v) is 23.1. The zero-order valence-electron chi connectivity index (χ0n) is 21.3. The first-order valence-corrected chi connectivity index (χ1v) is 15.6. The van der Waals surface area contributed by atoms with E-state index in [4.69, 9.17) is 11.6 Å². The van der Waals surface area contributed by atoms with Crippen LogP contribution in [0.1, 0.15) is 0 Å². The normalized spacial score (nSPS) is 11.7. The summed E-state index contributed by atoms with van der Waals surface area (Å²) in [5, 5.41) is 8.32. The van der Waals surface area contributed by atoms with Crippen LogP contribution in [0.15, 0.2) is 158 Å². The fourth-order valence-corrected chi connectivity index (χ4v) is 11.6. The first-order chi connectivity index (χ1) is 19.3. The van der Waals surface area contributed by atoms with Gasteiger partial charge in [0, 0.05) is 16.5 Å². The van der Waals surface area contributed by atoms with Gasteiger partial charge in [0.05, 0.1) is 16.1 Å². The Morgan fingerprint density at radius 1 is 0.436 bits per heavy atom. The van der Waals surface area contributed by atoms with Crippen molar-refractivity contribution in [3.8, 4) is 5.69 Å². The summed E-state index contributed by atoms with van der Waals surface area (Å²) in [4.78, 5) is 0. The lowest BCUT2D eigenvalue weighted by Gasteiger charge is -2.35. The maximum atomic E-state index is 7.72. The minimum absolute atomic E-state index is 0.816. The molecule has 0 fully saturated rings. The van der Waals surface area contributed by atoms with Crippen LogP contribution in [0.4, 0.5) is 0 Å². The first kappa shape index (κ1) is 23.7.